The summed E-state index contributed by atoms with van der Waals surface area (Å²) in [6, 6.07) is 0. The molecular formula is C9H13N3O3S. The smallest absolute Gasteiger partial charge is 0.300 e. The number of ketones is 1. The highest BCUT2D eigenvalue weighted by atomic mass is 32.2. The maximum atomic E-state index is 11.0. The molecule has 0 spiro atoms. The van der Waals surface area contributed by atoms with E-state index in [1.165, 1.54) is 23.4 Å². The number of rotatable bonds is 4. The topological polar surface area (TPSA) is 84.8 Å². The molecule has 0 aliphatic heterocycles. The number of Topliss-reactive ketones (excluding diaryl/α,β-unsaturated/α-hetero) is 1. The minimum Gasteiger partial charge on any atom is -0.300 e. The molecule has 0 saturated heterocycles. The number of thioether (sulfide) groups is 1. The molecule has 1 aromatic rings. The molecule has 0 aliphatic carbocycles. The van der Waals surface area contributed by atoms with Crippen LogP contribution in [-0.2, 0) is 11.8 Å². The summed E-state index contributed by atoms with van der Waals surface area (Å²) in [5, 5.41) is 2.76. The van der Waals surface area contributed by atoms with E-state index in [1.807, 2.05) is 6.92 Å². The molecule has 0 aliphatic rings. The number of hydrogen-bond acceptors (Lipinski definition) is 5. The van der Waals surface area contributed by atoms with Crippen LogP contribution in [0.1, 0.15) is 20.3 Å². The van der Waals surface area contributed by atoms with Gasteiger partial charge in [0.25, 0.3) is 0 Å². The quantitative estimate of drug-likeness (QED) is 0.591. The lowest BCUT2D eigenvalue weighted by Crippen LogP contribution is -2.34. The first-order chi connectivity index (χ1) is 7.40. The maximum Gasteiger partial charge on any atom is 0.339 e. The molecule has 0 amide bonds. The lowest BCUT2D eigenvalue weighted by Gasteiger charge is -2.10. The number of carbonyl (C=O) groups excluding carboxylic acids is 1. The van der Waals surface area contributed by atoms with Crippen molar-refractivity contribution in [3.8, 4) is 0 Å². The normalized spacial score (nSPS) is 12.4. The molecule has 1 N–H and O–H groups in total. The second kappa shape index (κ2) is 5.11. The van der Waals surface area contributed by atoms with Crippen molar-refractivity contribution in [2.24, 2.45) is 7.05 Å². The van der Waals surface area contributed by atoms with Crippen molar-refractivity contribution in [3.63, 3.8) is 0 Å². The molecule has 1 rings (SSSR count). The van der Waals surface area contributed by atoms with Gasteiger partial charge < -0.3 is 0 Å². The zero-order chi connectivity index (χ0) is 12.3. The number of nitrogens with one attached hydrogen (secondary N) is 1. The summed E-state index contributed by atoms with van der Waals surface area (Å²) < 4.78 is 1.38. The summed E-state index contributed by atoms with van der Waals surface area (Å²) in [4.78, 5) is 36.5. The summed E-state index contributed by atoms with van der Waals surface area (Å²) in [6.45, 7) is 3.37. The lowest BCUT2D eigenvalue weighted by atomic mass is 10.2. The van der Waals surface area contributed by atoms with Crippen LogP contribution in [0.4, 0.5) is 0 Å². The van der Waals surface area contributed by atoms with Gasteiger partial charge in [0.15, 0.2) is 5.16 Å². The minimum atomic E-state index is -0.810. The summed E-state index contributed by atoms with van der Waals surface area (Å²) in [5.74, 6) is 0.0782. The van der Waals surface area contributed by atoms with Crippen LogP contribution in [0.15, 0.2) is 14.7 Å². The van der Waals surface area contributed by atoms with Crippen LogP contribution in [0.2, 0.25) is 0 Å². The highest BCUT2D eigenvalue weighted by molar-refractivity contribution is 7.99. The zero-order valence-electron chi connectivity index (χ0n) is 9.31. The lowest BCUT2D eigenvalue weighted by molar-refractivity contribution is -0.116. The molecule has 0 bridgehead atoms. The van der Waals surface area contributed by atoms with Crippen LogP contribution in [0.25, 0.3) is 0 Å². The van der Waals surface area contributed by atoms with Crippen molar-refractivity contribution in [2.45, 2.75) is 30.7 Å². The number of aryl methyl sites for hydroxylation is 1. The molecule has 0 saturated carbocycles. The Morgan fingerprint density at radius 1 is 1.56 bits per heavy atom. The van der Waals surface area contributed by atoms with Crippen LogP contribution in [-0.4, -0.2) is 25.8 Å². The standard InChI is InChI=1S/C9H13N3O3S/c1-5(13)4-6(2)16-9-10-7(14)8(15)11-12(9)3/h6H,4H2,1-3H3,(H,11,15). The summed E-state index contributed by atoms with van der Waals surface area (Å²) in [6.07, 6.45) is 0.402. The van der Waals surface area contributed by atoms with Crippen molar-refractivity contribution >= 4 is 17.5 Å². The Morgan fingerprint density at radius 2 is 2.19 bits per heavy atom. The van der Waals surface area contributed by atoms with Crippen LogP contribution in [0.3, 0.4) is 0 Å². The summed E-state index contributed by atoms with van der Waals surface area (Å²) >= 11 is 1.28. The molecule has 1 unspecified atom stereocenters. The van der Waals surface area contributed by atoms with Gasteiger partial charge in [-0.15, -0.1) is 0 Å². The fourth-order valence-electron chi connectivity index (χ4n) is 1.19. The predicted molar refractivity (Wildman–Crippen MR) is 60.7 cm³/mol. The average Bonchev–Trinajstić information content (AvgIpc) is 2.12. The van der Waals surface area contributed by atoms with E-state index >= 15 is 0 Å². The van der Waals surface area contributed by atoms with Gasteiger partial charge in [0.2, 0.25) is 0 Å². The maximum absolute atomic E-state index is 11.0. The number of carbonyl (C=O) groups is 1. The molecular weight excluding hydrogens is 230 g/mol. The Balaban J connectivity index is 2.89. The van der Waals surface area contributed by atoms with E-state index in [0.29, 0.717) is 11.6 Å². The van der Waals surface area contributed by atoms with Gasteiger partial charge in [-0.2, -0.15) is 4.98 Å². The molecule has 1 heterocycles. The van der Waals surface area contributed by atoms with Crippen molar-refractivity contribution in [1.29, 1.82) is 0 Å². The third-order valence-electron chi connectivity index (χ3n) is 1.83. The Labute approximate surface area is 96.1 Å². The number of nitrogens with zero attached hydrogens (tertiary/aromatic N) is 2. The van der Waals surface area contributed by atoms with E-state index < -0.39 is 11.1 Å². The molecule has 0 fully saturated rings. The van der Waals surface area contributed by atoms with Crippen LogP contribution in [0.5, 0.6) is 0 Å². The Hall–Kier alpha value is -1.37. The Bertz CT molecular complexity index is 505. The second-order valence-electron chi connectivity index (χ2n) is 3.53. The summed E-state index contributed by atoms with van der Waals surface area (Å²) in [5.41, 5.74) is -1.55. The largest absolute Gasteiger partial charge is 0.339 e. The number of H-pyrrole nitrogens is 1. The predicted octanol–water partition coefficient (Wildman–Crippen LogP) is -0.0717. The fraction of sp³-hybridized carbons (Fsp3) is 0.556. The molecule has 88 valence electrons. The van der Waals surface area contributed by atoms with Gasteiger partial charge in [-0.25, -0.2) is 0 Å². The third kappa shape index (κ3) is 3.34. The van der Waals surface area contributed by atoms with Gasteiger partial charge in [-0.3, -0.25) is 24.2 Å². The molecule has 1 aromatic heterocycles. The number of aromatic nitrogens is 3. The van der Waals surface area contributed by atoms with E-state index in [4.69, 9.17) is 0 Å². The Morgan fingerprint density at radius 3 is 2.75 bits per heavy atom. The molecule has 1 atom stereocenters. The summed E-state index contributed by atoms with van der Waals surface area (Å²) in [7, 11) is 1.59. The Kier molecular flexibility index (Phi) is 4.05. The van der Waals surface area contributed by atoms with E-state index in [0.717, 1.165) is 0 Å². The fourth-order valence-corrected chi connectivity index (χ4v) is 2.21. The van der Waals surface area contributed by atoms with Gasteiger partial charge in [0.1, 0.15) is 5.78 Å². The first kappa shape index (κ1) is 12.7. The SMILES string of the molecule is CC(=O)CC(C)Sc1nc(=O)c(=O)[nH]n1C. The van der Waals surface area contributed by atoms with Gasteiger partial charge in [-0.05, 0) is 6.92 Å². The van der Waals surface area contributed by atoms with E-state index in [1.54, 1.807) is 7.05 Å². The van der Waals surface area contributed by atoms with Crippen molar-refractivity contribution in [1.82, 2.24) is 14.8 Å². The van der Waals surface area contributed by atoms with E-state index in [2.05, 4.69) is 10.1 Å². The minimum absolute atomic E-state index is 0.0153. The van der Waals surface area contributed by atoms with Crippen molar-refractivity contribution < 1.29 is 4.79 Å². The van der Waals surface area contributed by atoms with Crippen molar-refractivity contribution in [2.75, 3.05) is 0 Å². The van der Waals surface area contributed by atoms with E-state index in [9.17, 15) is 14.4 Å². The third-order valence-corrected chi connectivity index (χ3v) is 2.97. The first-order valence-corrected chi connectivity index (χ1v) is 5.61. The van der Waals surface area contributed by atoms with Gasteiger partial charge >= 0.3 is 11.1 Å². The monoisotopic (exact) mass is 243 g/mol. The first-order valence-electron chi connectivity index (χ1n) is 4.73. The molecule has 6 nitrogen and oxygen atoms in total. The van der Waals surface area contributed by atoms with Gasteiger partial charge in [-0.1, -0.05) is 18.7 Å². The van der Waals surface area contributed by atoms with Crippen LogP contribution >= 0.6 is 11.8 Å². The molecule has 7 heteroatoms. The zero-order valence-corrected chi connectivity index (χ0v) is 10.1. The van der Waals surface area contributed by atoms with Crippen molar-refractivity contribution in [3.05, 3.63) is 20.7 Å². The molecule has 0 aromatic carbocycles. The molecule has 16 heavy (non-hydrogen) atoms. The average molecular weight is 243 g/mol. The van der Waals surface area contributed by atoms with Gasteiger partial charge in [0.05, 0.1) is 0 Å². The highest BCUT2D eigenvalue weighted by Gasteiger charge is 2.11. The number of aromatic amines is 1. The van der Waals surface area contributed by atoms with E-state index in [-0.39, 0.29) is 11.0 Å². The molecule has 0 radical (unpaired) electrons. The highest BCUT2D eigenvalue weighted by Crippen LogP contribution is 2.20. The second-order valence-corrected chi connectivity index (χ2v) is 4.94. The van der Waals surface area contributed by atoms with Gasteiger partial charge in [0, 0.05) is 18.7 Å². The van der Waals surface area contributed by atoms with Crippen LogP contribution in [0, 0.1) is 0 Å². The number of hydrogen-bond donors (Lipinski definition) is 1. The van der Waals surface area contributed by atoms with Crippen LogP contribution < -0.4 is 11.1 Å².